The first-order chi connectivity index (χ1) is 8.32. The first-order valence-corrected chi connectivity index (χ1v) is 6.33. The van der Waals surface area contributed by atoms with E-state index in [4.69, 9.17) is 4.55 Å². The molecule has 9 heteroatoms. The van der Waals surface area contributed by atoms with Gasteiger partial charge in [0.25, 0.3) is 10.1 Å². The second kappa shape index (κ2) is 10.2. The largest absolute Gasteiger partial charge is 1.00 e. The van der Waals surface area contributed by atoms with Crippen molar-refractivity contribution in [2.45, 2.75) is 11.7 Å². The van der Waals surface area contributed by atoms with Crippen LogP contribution < -0.4 is 29.6 Å². The van der Waals surface area contributed by atoms with E-state index >= 15 is 0 Å². The first kappa shape index (κ1) is 20.6. The van der Waals surface area contributed by atoms with E-state index in [0.717, 1.165) is 0 Å². The molecule has 0 aliphatic carbocycles. The molecule has 104 valence electrons. The topological polar surface area (TPSA) is 107 Å². The zero-order chi connectivity index (χ0) is 14.2. The maximum atomic E-state index is 11.3. The van der Waals surface area contributed by atoms with E-state index in [-0.39, 0.29) is 44.2 Å². The summed E-state index contributed by atoms with van der Waals surface area (Å²) in [6.07, 6.45) is 1.66. The molecular formula is C10H15NaO7S. The summed E-state index contributed by atoms with van der Waals surface area (Å²) < 4.78 is 39.7. The molecule has 7 nitrogen and oxygen atoms in total. The van der Waals surface area contributed by atoms with Gasteiger partial charge in [0.1, 0.15) is 13.2 Å². The maximum absolute atomic E-state index is 11.3. The zero-order valence-electron chi connectivity index (χ0n) is 11.6. The molecule has 0 spiro atoms. The van der Waals surface area contributed by atoms with Crippen molar-refractivity contribution in [3.05, 3.63) is 25.3 Å². The Hall–Kier alpha value is -0.670. The number of hydrogen-bond acceptors (Lipinski definition) is 6. The Kier molecular flexibility index (Phi) is 11.0. The molecule has 19 heavy (non-hydrogen) atoms. The quantitative estimate of drug-likeness (QED) is 0.223. The third kappa shape index (κ3) is 8.95. The molecule has 0 amide bonds. The molecule has 0 saturated heterocycles. The van der Waals surface area contributed by atoms with Crippen LogP contribution in [-0.2, 0) is 29.2 Å². The van der Waals surface area contributed by atoms with E-state index < -0.39 is 33.7 Å². The number of carbonyl (C=O) groups excluding carboxylic acids is 2. The van der Waals surface area contributed by atoms with Crippen molar-refractivity contribution in [3.63, 3.8) is 0 Å². The van der Waals surface area contributed by atoms with Crippen molar-refractivity contribution in [2.24, 2.45) is 0 Å². The third-order valence-electron chi connectivity index (χ3n) is 1.68. The van der Waals surface area contributed by atoms with Crippen LogP contribution in [0, 0.1) is 0 Å². The molecule has 0 radical (unpaired) electrons. The van der Waals surface area contributed by atoms with E-state index in [1.807, 2.05) is 0 Å². The van der Waals surface area contributed by atoms with E-state index in [9.17, 15) is 18.0 Å². The Morgan fingerprint density at radius 3 is 2.11 bits per heavy atom. The molecule has 0 aliphatic heterocycles. The van der Waals surface area contributed by atoms with Gasteiger partial charge in [-0.15, -0.1) is 0 Å². The molecule has 0 saturated carbocycles. The van der Waals surface area contributed by atoms with E-state index in [1.54, 1.807) is 0 Å². The molecule has 0 aromatic rings. The predicted octanol–water partition coefficient (Wildman–Crippen LogP) is -2.79. The Labute approximate surface area is 135 Å². The molecule has 0 rings (SSSR count). The SMILES string of the molecule is C=CCOC(=O)CC(C(=O)OCC=C)S(=O)(=O)O.[H-].[Na+]. The Bertz CT molecular complexity index is 435. The van der Waals surface area contributed by atoms with Gasteiger partial charge in [-0.3, -0.25) is 14.1 Å². The summed E-state index contributed by atoms with van der Waals surface area (Å²) in [5.74, 6) is -2.21. The van der Waals surface area contributed by atoms with Gasteiger partial charge in [-0.25, -0.2) is 0 Å². The molecule has 0 aromatic carbocycles. The van der Waals surface area contributed by atoms with Crippen molar-refractivity contribution < 1.29 is 63.0 Å². The molecule has 0 heterocycles. The molecule has 0 aromatic heterocycles. The van der Waals surface area contributed by atoms with Crippen molar-refractivity contribution in [1.29, 1.82) is 0 Å². The summed E-state index contributed by atoms with van der Waals surface area (Å²) in [5.41, 5.74) is 0. The molecule has 0 bridgehead atoms. The second-order valence-electron chi connectivity index (χ2n) is 3.10. The van der Waals surface area contributed by atoms with Gasteiger partial charge in [-0.05, 0) is 0 Å². The van der Waals surface area contributed by atoms with Crippen molar-refractivity contribution in [1.82, 2.24) is 0 Å². The van der Waals surface area contributed by atoms with Gasteiger partial charge in [0, 0.05) is 0 Å². The summed E-state index contributed by atoms with van der Waals surface area (Å²) >= 11 is 0. The standard InChI is InChI=1S/C10H14O7S.Na.H/c1-3-5-16-9(11)7-8(18(13,14)15)10(12)17-6-4-2;;/h3-4,8H,1-2,5-7H2,(H,13,14,15);;/q;+1;-1. The Morgan fingerprint density at radius 2 is 1.68 bits per heavy atom. The van der Waals surface area contributed by atoms with Gasteiger partial charge in [-0.2, -0.15) is 8.42 Å². The molecule has 0 fully saturated rings. The molecule has 1 N–H and O–H groups in total. The zero-order valence-corrected chi connectivity index (χ0v) is 13.4. The number of ether oxygens (including phenoxy) is 2. The number of hydrogen-bond donors (Lipinski definition) is 1. The van der Waals surface area contributed by atoms with E-state index in [2.05, 4.69) is 22.6 Å². The molecule has 1 unspecified atom stereocenters. The van der Waals surface area contributed by atoms with Gasteiger partial charge < -0.3 is 10.9 Å². The minimum absolute atomic E-state index is 0. The normalized spacial score (nSPS) is 11.6. The van der Waals surface area contributed by atoms with Crippen molar-refractivity contribution >= 4 is 22.1 Å². The summed E-state index contributed by atoms with van der Waals surface area (Å²) in [6.45, 7) is 6.20. The fourth-order valence-electron chi connectivity index (χ4n) is 0.906. The van der Waals surface area contributed by atoms with Crippen LogP contribution in [0.2, 0.25) is 0 Å². The minimum Gasteiger partial charge on any atom is -1.00 e. The van der Waals surface area contributed by atoms with Gasteiger partial charge in [0.05, 0.1) is 6.42 Å². The number of rotatable bonds is 8. The van der Waals surface area contributed by atoms with Gasteiger partial charge in [0.15, 0.2) is 5.25 Å². The van der Waals surface area contributed by atoms with Crippen LogP contribution in [-0.4, -0.2) is 43.4 Å². The summed E-state index contributed by atoms with van der Waals surface area (Å²) in [4.78, 5) is 22.5. The average molecular weight is 302 g/mol. The minimum atomic E-state index is -4.75. The van der Waals surface area contributed by atoms with E-state index in [1.165, 1.54) is 12.2 Å². The van der Waals surface area contributed by atoms with Crippen LogP contribution in [0.15, 0.2) is 25.3 Å². The Morgan fingerprint density at radius 1 is 1.21 bits per heavy atom. The second-order valence-corrected chi connectivity index (χ2v) is 4.70. The summed E-state index contributed by atoms with van der Waals surface area (Å²) in [6, 6.07) is 0. The molecular weight excluding hydrogens is 287 g/mol. The molecule has 1 atom stereocenters. The van der Waals surface area contributed by atoms with Crippen LogP contribution in [0.5, 0.6) is 0 Å². The average Bonchev–Trinajstić information content (AvgIpc) is 2.28. The fraction of sp³-hybridized carbons (Fsp3) is 0.400. The van der Waals surface area contributed by atoms with Crippen molar-refractivity contribution in [3.8, 4) is 0 Å². The summed E-state index contributed by atoms with van der Waals surface area (Å²) in [7, 11) is -4.75. The number of carbonyl (C=O) groups is 2. The first-order valence-electron chi connectivity index (χ1n) is 4.83. The molecule has 0 aliphatic rings. The van der Waals surface area contributed by atoms with Crippen LogP contribution in [0.4, 0.5) is 0 Å². The maximum Gasteiger partial charge on any atom is 1.00 e. The Balaban J connectivity index is -0.00000144. The van der Waals surface area contributed by atoms with Crippen LogP contribution >= 0.6 is 0 Å². The van der Waals surface area contributed by atoms with Gasteiger partial charge >= 0.3 is 41.5 Å². The van der Waals surface area contributed by atoms with Gasteiger partial charge in [-0.1, -0.05) is 25.3 Å². The monoisotopic (exact) mass is 302 g/mol. The fourth-order valence-corrected chi connectivity index (χ4v) is 1.56. The van der Waals surface area contributed by atoms with Crippen LogP contribution in [0.1, 0.15) is 7.85 Å². The van der Waals surface area contributed by atoms with Crippen molar-refractivity contribution in [2.75, 3.05) is 13.2 Å². The van der Waals surface area contributed by atoms with Crippen LogP contribution in [0.3, 0.4) is 0 Å². The smallest absolute Gasteiger partial charge is 1.00 e. The van der Waals surface area contributed by atoms with E-state index in [0.29, 0.717) is 0 Å². The van der Waals surface area contributed by atoms with Gasteiger partial charge in [0.2, 0.25) is 0 Å². The summed E-state index contributed by atoms with van der Waals surface area (Å²) in [5, 5.41) is -2.00. The predicted molar refractivity (Wildman–Crippen MR) is 63.4 cm³/mol. The third-order valence-corrected chi connectivity index (χ3v) is 2.76. The van der Waals surface area contributed by atoms with Crippen LogP contribution in [0.25, 0.3) is 0 Å². The number of esters is 2.